The second-order valence-corrected chi connectivity index (χ2v) is 12.4. The van der Waals surface area contributed by atoms with E-state index in [0.717, 1.165) is 61.1 Å². The molecule has 35 heavy (non-hydrogen) atoms. The van der Waals surface area contributed by atoms with Crippen molar-refractivity contribution in [3.63, 3.8) is 0 Å². The monoisotopic (exact) mass is 540 g/mol. The van der Waals surface area contributed by atoms with Gasteiger partial charge in [-0.25, -0.2) is 0 Å². The summed E-state index contributed by atoms with van der Waals surface area (Å²) in [4.78, 5) is 20.0. The van der Waals surface area contributed by atoms with Crippen LogP contribution in [0.25, 0.3) is 0 Å². The van der Waals surface area contributed by atoms with Crippen LogP contribution >= 0.6 is 0 Å². The maximum atomic E-state index is 10.2. The molecule has 0 bridgehead atoms. The molecule has 0 fully saturated rings. The zero-order valence-corrected chi connectivity index (χ0v) is 25.4. The first-order valence-corrected chi connectivity index (χ1v) is 16.0. The number of rotatable bonds is 18. The Balaban J connectivity index is 0.000000814. The Bertz CT molecular complexity index is 829. The summed E-state index contributed by atoms with van der Waals surface area (Å²) in [5.74, 6) is -2.36. The zero-order valence-electron chi connectivity index (χ0n) is 21.4. The van der Waals surface area contributed by atoms with E-state index in [4.69, 9.17) is 19.5 Å². The van der Waals surface area contributed by atoms with Gasteiger partial charge >= 0.3 is 166 Å². The van der Waals surface area contributed by atoms with Crippen molar-refractivity contribution in [1.29, 1.82) is 0 Å². The molecule has 0 aliphatic heterocycles. The number of aryl methyl sites for hydroxylation is 1. The van der Waals surface area contributed by atoms with Gasteiger partial charge in [-0.3, -0.25) is 14.1 Å². The fourth-order valence-electron chi connectivity index (χ4n) is 3.41. The van der Waals surface area contributed by atoms with Gasteiger partial charge in [0.05, 0.1) is 6.42 Å². The van der Waals surface area contributed by atoms with Crippen molar-refractivity contribution in [2.45, 2.75) is 103 Å². The van der Waals surface area contributed by atoms with Gasteiger partial charge in [-0.05, 0) is 0 Å². The number of ether oxygens (including phenoxy) is 1. The van der Waals surface area contributed by atoms with Crippen LogP contribution in [0, 0.1) is 0 Å². The molecule has 8 nitrogen and oxygen atoms in total. The Kier molecular flexibility index (Phi) is 20.3. The van der Waals surface area contributed by atoms with Gasteiger partial charge < -0.3 is 10.2 Å². The topological polar surface area (TPSA) is 138 Å². The van der Waals surface area contributed by atoms with Crippen LogP contribution in [0.15, 0.2) is 24.3 Å². The standard InChI is InChI=1S/C21H35O.C4H6O7S.K/c1-3-5-6-7-8-9-10-11-12-13-16-20-17-14-15-18-21(20)22-19-4-2;5-3(6)1-2(4(7)8)12(9,10)11;/h14-15,17-19H,3-13,16H2,1-2H3;2H,1H2,(H,5,6)(H,7,8)(H,9,10,11);. The van der Waals surface area contributed by atoms with Crippen LogP contribution in [0.3, 0.4) is 0 Å². The van der Waals surface area contributed by atoms with Crippen LogP contribution in [0.5, 0.6) is 5.75 Å². The number of carbonyl (C=O) groups is 2. The second-order valence-electron chi connectivity index (χ2n) is 8.82. The molecule has 0 heterocycles. The molecule has 0 saturated heterocycles. The van der Waals surface area contributed by atoms with E-state index in [1.54, 1.807) is 0 Å². The van der Waals surface area contributed by atoms with Gasteiger partial charge in [-0.2, -0.15) is 8.42 Å². The molecule has 10 heteroatoms. The first-order valence-electron chi connectivity index (χ1n) is 12.7. The van der Waals surface area contributed by atoms with Crippen molar-refractivity contribution < 1.29 is 37.5 Å². The number of hydrogen-bond acceptors (Lipinski definition) is 5. The van der Waals surface area contributed by atoms with Gasteiger partial charge in [-0.15, -0.1) is 0 Å². The van der Waals surface area contributed by atoms with E-state index in [1.165, 1.54) is 76.2 Å². The Morgan fingerprint density at radius 3 is 1.86 bits per heavy atom. The molecule has 2 atom stereocenters. The van der Waals surface area contributed by atoms with E-state index in [-0.39, 0.29) is 0 Å². The van der Waals surface area contributed by atoms with E-state index in [2.05, 4.69) is 38.1 Å². The second kappa shape index (κ2) is 20.6. The number of hydrogen-bond donors (Lipinski definition) is 3. The first kappa shape index (κ1) is 34.5. The summed E-state index contributed by atoms with van der Waals surface area (Å²) in [5, 5.41) is 13.9. The summed E-state index contributed by atoms with van der Waals surface area (Å²) in [5.41, 5.74) is 1.41. The van der Waals surface area contributed by atoms with Crippen LogP contribution in [0.4, 0.5) is 0 Å². The van der Waals surface area contributed by atoms with Crippen molar-refractivity contribution >= 4 is 71.0 Å². The van der Waals surface area contributed by atoms with Crippen molar-refractivity contribution in [3.05, 3.63) is 29.8 Å². The molecule has 0 aliphatic rings. The molecule has 2 unspecified atom stereocenters. The summed E-state index contributed by atoms with van der Waals surface area (Å²) >= 11 is 0.742. The summed E-state index contributed by atoms with van der Waals surface area (Å²) < 4.78 is 35.3. The van der Waals surface area contributed by atoms with Crippen molar-refractivity contribution in [2.24, 2.45) is 0 Å². The van der Waals surface area contributed by atoms with E-state index in [9.17, 15) is 18.0 Å². The van der Waals surface area contributed by atoms with Gasteiger partial charge in [0.15, 0.2) is 5.25 Å². The van der Waals surface area contributed by atoms with Crippen molar-refractivity contribution in [2.75, 3.05) is 0 Å². The average Bonchev–Trinajstić information content (AvgIpc) is 2.79. The molecule has 0 saturated carbocycles. The van der Waals surface area contributed by atoms with E-state index in [0.29, 0.717) is 0.199 Å². The third-order valence-corrected chi connectivity index (χ3v) is 8.40. The molecule has 0 aliphatic carbocycles. The number of aliphatic carboxylic acids is 2. The summed E-state index contributed by atoms with van der Waals surface area (Å²) in [6.45, 7) is 4.51. The zero-order chi connectivity index (χ0) is 26.7. The van der Waals surface area contributed by atoms with Crippen LogP contribution in [0.2, 0.25) is 0 Å². The maximum Gasteiger partial charge on any atom is 0.325 e. The molecule has 0 spiro atoms. The minimum absolute atomic E-state index is 0.497. The van der Waals surface area contributed by atoms with Crippen LogP contribution < -0.4 is 4.74 Å². The Hall–Kier alpha value is -0.494. The minimum Gasteiger partial charge on any atom is -0.481 e. The van der Waals surface area contributed by atoms with Gasteiger partial charge in [0.1, 0.15) is 0 Å². The minimum atomic E-state index is -4.84. The van der Waals surface area contributed by atoms with Crippen LogP contribution in [-0.4, -0.2) is 89.5 Å². The Morgan fingerprint density at radius 1 is 0.914 bits per heavy atom. The number of benzene rings is 1. The molecule has 1 rings (SSSR count). The largest absolute Gasteiger partial charge is 0.481 e. The van der Waals surface area contributed by atoms with Gasteiger partial charge in [0.25, 0.3) is 10.1 Å². The molecule has 3 N–H and O–H groups in total. The van der Waals surface area contributed by atoms with E-state index >= 15 is 0 Å². The fourth-order valence-corrected chi connectivity index (χ4v) is 4.41. The van der Waals surface area contributed by atoms with E-state index in [1.807, 2.05) is 0 Å². The fraction of sp³-hybridized carbons (Fsp3) is 0.680. The smallest absolute Gasteiger partial charge is 0.325 e. The van der Waals surface area contributed by atoms with Crippen molar-refractivity contribution in [3.8, 4) is 5.75 Å². The molecule has 0 radical (unpaired) electrons. The summed E-state index contributed by atoms with van der Waals surface area (Å²) in [7, 11) is -4.84. The van der Waals surface area contributed by atoms with Crippen LogP contribution in [-0.2, 0) is 26.1 Å². The Morgan fingerprint density at radius 2 is 1.43 bits per heavy atom. The molecule has 0 aromatic heterocycles. The number of unbranched alkanes of at least 4 members (excludes halogenated alkanes) is 9. The normalized spacial score (nSPS) is 12.8. The third kappa shape index (κ3) is 18.4. The molecule has 196 valence electrons. The summed E-state index contributed by atoms with van der Waals surface area (Å²) in [6, 6.07) is 8.65. The molecule has 1 aromatic rings. The van der Waals surface area contributed by atoms with Gasteiger partial charge in [0, 0.05) is 0 Å². The number of para-hydroxylation sites is 1. The number of carboxylic acid groups (broad SMARTS) is 2. The first-order chi connectivity index (χ1) is 16.5. The van der Waals surface area contributed by atoms with Crippen LogP contribution in [0.1, 0.15) is 96.5 Å². The molecule has 0 amide bonds. The quantitative estimate of drug-likeness (QED) is 0.131. The molecular weight excluding hydrogens is 499 g/mol. The maximum absolute atomic E-state index is 10.2. The predicted octanol–water partition coefficient (Wildman–Crippen LogP) is 5.24. The van der Waals surface area contributed by atoms with Gasteiger partial charge in [0.2, 0.25) is 0 Å². The van der Waals surface area contributed by atoms with Gasteiger partial charge in [-0.1, -0.05) is 26.2 Å². The average molecular weight is 541 g/mol. The molecule has 1 aromatic carbocycles. The number of carboxylic acids is 2. The third-order valence-electron chi connectivity index (χ3n) is 5.67. The van der Waals surface area contributed by atoms with Crippen molar-refractivity contribution in [1.82, 2.24) is 0 Å². The SMILES string of the molecule is CCCCCCCCCCCCc1ccccc1O[CH]([K])CC.O=C(O)CC(C(=O)O)S(=O)(=O)O. The summed E-state index contributed by atoms with van der Waals surface area (Å²) in [6.07, 6.45) is 15.2. The predicted molar refractivity (Wildman–Crippen MR) is 138 cm³/mol. The van der Waals surface area contributed by atoms with E-state index < -0.39 is 33.7 Å². The molecular formula is C25H41KO8S. The Labute approximate surface area is 244 Å².